The summed E-state index contributed by atoms with van der Waals surface area (Å²) in [5, 5.41) is 11.6. The molecule has 0 amide bonds. The fourth-order valence-electron chi connectivity index (χ4n) is 4.68. The number of benzene rings is 1. The van der Waals surface area contributed by atoms with Gasteiger partial charge in [0.15, 0.2) is 0 Å². The third-order valence-electron chi connectivity index (χ3n) is 6.20. The van der Waals surface area contributed by atoms with Crippen molar-refractivity contribution in [3.63, 3.8) is 0 Å². The van der Waals surface area contributed by atoms with E-state index in [-0.39, 0.29) is 23.9 Å². The minimum Gasteiger partial charge on any atom is -0.497 e. The minimum absolute atomic E-state index is 0.00488. The molecule has 3 unspecified atom stereocenters. The number of carbonyl (C=O) groups is 1. The van der Waals surface area contributed by atoms with Crippen LogP contribution < -0.4 is 4.74 Å². The summed E-state index contributed by atoms with van der Waals surface area (Å²) in [6.07, 6.45) is 6.03. The number of esters is 1. The summed E-state index contributed by atoms with van der Waals surface area (Å²) in [5.41, 5.74) is -0.0519. The summed E-state index contributed by atoms with van der Waals surface area (Å²) < 4.78 is 11.2. The number of carbonyl (C=O) groups excluding carboxylic acids is 1. The molecule has 0 spiro atoms. The molecular formula is C22H33NO4. The van der Waals surface area contributed by atoms with Crippen molar-refractivity contribution >= 4 is 5.97 Å². The molecule has 3 rings (SSSR count). The largest absolute Gasteiger partial charge is 0.497 e. The van der Waals surface area contributed by atoms with Crippen LogP contribution in [0.25, 0.3) is 0 Å². The zero-order valence-electron chi connectivity index (χ0n) is 16.8. The van der Waals surface area contributed by atoms with Crippen molar-refractivity contribution in [2.45, 2.75) is 56.7 Å². The molecule has 1 aromatic rings. The summed E-state index contributed by atoms with van der Waals surface area (Å²) in [6, 6.07) is 7.71. The smallest absolute Gasteiger partial charge is 0.309 e. The predicted octanol–water partition coefficient (Wildman–Crippen LogP) is 3.35. The van der Waals surface area contributed by atoms with Gasteiger partial charge in [0, 0.05) is 12.5 Å². The van der Waals surface area contributed by atoms with E-state index in [0.717, 1.165) is 43.5 Å². The van der Waals surface area contributed by atoms with Crippen LogP contribution in [-0.4, -0.2) is 49.8 Å². The first-order chi connectivity index (χ1) is 12.9. The van der Waals surface area contributed by atoms with E-state index in [4.69, 9.17) is 9.47 Å². The summed E-state index contributed by atoms with van der Waals surface area (Å²) >= 11 is 0. The Bertz CT molecular complexity index is 641. The van der Waals surface area contributed by atoms with Gasteiger partial charge in [-0.05, 0) is 63.9 Å². The summed E-state index contributed by atoms with van der Waals surface area (Å²) in [4.78, 5) is 14.5. The zero-order chi connectivity index (χ0) is 19.4. The molecule has 0 saturated heterocycles. The quantitative estimate of drug-likeness (QED) is 0.773. The Kier molecular flexibility index (Phi) is 6.43. The van der Waals surface area contributed by atoms with Gasteiger partial charge in [-0.3, -0.25) is 4.79 Å². The van der Waals surface area contributed by atoms with Crippen molar-refractivity contribution in [3.05, 3.63) is 29.8 Å². The molecule has 2 fully saturated rings. The molecule has 0 aromatic heterocycles. The third kappa shape index (κ3) is 4.64. The maximum atomic E-state index is 12.4. The Hall–Kier alpha value is -1.59. The molecule has 5 nitrogen and oxygen atoms in total. The highest BCUT2D eigenvalue weighted by molar-refractivity contribution is 5.72. The Morgan fingerprint density at radius 1 is 1.26 bits per heavy atom. The van der Waals surface area contributed by atoms with E-state index in [1.165, 1.54) is 0 Å². The molecule has 150 valence electrons. The molecule has 5 heteroatoms. The van der Waals surface area contributed by atoms with Crippen LogP contribution in [0.5, 0.6) is 5.75 Å². The lowest BCUT2D eigenvalue weighted by molar-refractivity contribution is -0.163. The van der Waals surface area contributed by atoms with E-state index in [1.807, 2.05) is 38.4 Å². The number of aliphatic hydroxyl groups is 1. The number of nitrogens with zero attached hydrogens (tertiary/aromatic N) is 1. The van der Waals surface area contributed by atoms with E-state index in [0.29, 0.717) is 19.3 Å². The van der Waals surface area contributed by atoms with Gasteiger partial charge < -0.3 is 19.5 Å². The van der Waals surface area contributed by atoms with Crippen LogP contribution in [0.1, 0.15) is 50.5 Å². The van der Waals surface area contributed by atoms with Crippen LogP contribution in [0.15, 0.2) is 24.3 Å². The van der Waals surface area contributed by atoms with Crippen molar-refractivity contribution in [1.82, 2.24) is 4.90 Å². The van der Waals surface area contributed by atoms with Crippen LogP contribution >= 0.6 is 0 Å². The van der Waals surface area contributed by atoms with Gasteiger partial charge in [0.2, 0.25) is 0 Å². The van der Waals surface area contributed by atoms with Crippen LogP contribution in [0.3, 0.4) is 0 Å². The number of hydrogen-bond acceptors (Lipinski definition) is 5. The topological polar surface area (TPSA) is 59.0 Å². The van der Waals surface area contributed by atoms with E-state index in [1.54, 1.807) is 7.11 Å². The van der Waals surface area contributed by atoms with Crippen LogP contribution in [0, 0.1) is 11.8 Å². The predicted molar refractivity (Wildman–Crippen MR) is 105 cm³/mol. The lowest BCUT2D eigenvalue weighted by atomic mass is 9.70. The first-order valence-electron chi connectivity index (χ1n) is 10.1. The number of rotatable bonds is 6. The number of ether oxygens (including phenoxy) is 2. The van der Waals surface area contributed by atoms with E-state index in [9.17, 15) is 9.90 Å². The van der Waals surface area contributed by atoms with Gasteiger partial charge in [0.1, 0.15) is 11.9 Å². The third-order valence-corrected chi connectivity index (χ3v) is 6.20. The maximum absolute atomic E-state index is 12.4. The van der Waals surface area contributed by atoms with Crippen molar-refractivity contribution < 1.29 is 19.4 Å². The fourth-order valence-corrected chi connectivity index (χ4v) is 4.68. The second kappa shape index (κ2) is 8.61. The Balaban J connectivity index is 1.74. The second-order valence-corrected chi connectivity index (χ2v) is 8.43. The highest BCUT2D eigenvalue weighted by Gasteiger charge is 2.45. The van der Waals surface area contributed by atoms with Gasteiger partial charge >= 0.3 is 5.97 Å². The Morgan fingerprint density at radius 3 is 2.67 bits per heavy atom. The molecular weight excluding hydrogens is 342 g/mol. The summed E-state index contributed by atoms with van der Waals surface area (Å²) in [6.45, 7) is 0.741. The summed E-state index contributed by atoms with van der Waals surface area (Å²) in [7, 11) is 5.67. The van der Waals surface area contributed by atoms with Gasteiger partial charge in [-0.25, -0.2) is 0 Å². The summed E-state index contributed by atoms with van der Waals surface area (Å²) in [5.74, 6) is 0.790. The van der Waals surface area contributed by atoms with E-state index < -0.39 is 5.60 Å². The number of methoxy groups -OCH3 is 1. The minimum atomic E-state index is -0.935. The average molecular weight is 376 g/mol. The SMILES string of the molecule is COc1cccc(C2(O)CCC(OC(=O)C3CCCC3)CC2CN(C)C)c1. The Morgan fingerprint density at radius 2 is 2.00 bits per heavy atom. The normalized spacial score (nSPS) is 29.1. The van der Waals surface area contributed by atoms with E-state index >= 15 is 0 Å². The molecule has 3 atom stereocenters. The molecule has 2 aliphatic carbocycles. The number of hydrogen-bond donors (Lipinski definition) is 1. The second-order valence-electron chi connectivity index (χ2n) is 8.43. The monoisotopic (exact) mass is 375 g/mol. The zero-order valence-corrected chi connectivity index (χ0v) is 16.8. The van der Waals surface area contributed by atoms with Gasteiger partial charge in [-0.2, -0.15) is 0 Å². The molecule has 0 bridgehead atoms. The molecule has 2 saturated carbocycles. The molecule has 27 heavy (non-hydrogen) atoms. The first kappa shape index (κ1) is 20.2. The van der Waals surface area contributed by atoms with Crippen LogP contribution in [0.2, 0.25) is 0 Å². The van der Waals surface area contributed by atoms with Gasteiger partial charge in [0.25, 0.3) is 0 Å². The van der Waals surface area contributed by atoms with Crippen molar-refractivity contribution in [2.24, 2.45) is 11.8 Å². The molecule has 0 heterocycles. The average Bonchev–Trinajstić information content (AvgIpc) is 3.19. The van der Waals surface area contributed by atoms with Crippen LogP contribution in [-0.2, 0) is 15.1 Å². The molecule has 1 aromatic carbocycles. The van der Waals surface area contributed by atoms with Crippen molar-refractivity contribution in [2.75, 3.05) is 27.7 Å². The lowest BCUT2D eigenvalue weighted by Crippen LogP contribution is -2.47. The molecule has 0 aliphatic heterocycles. The van der Waals surface area contributed by atoms with Crippen LogP contribution in [0.4, 0.5) is 0 Å². The standard InChI is InChI=1S/C22H33NO4/c1-23(2)15-18-14-20(27-21(24)16-7-4-5-8-16)11-12-22(18,25)17-9-6-10-19(13-17)26-3/h6,9-10,13,16,18,20,25H,4-5,7-8,11-12,14-15H2,1-3H3. The first-order valence-corrected chi connectivity index (χ1v) is 10.1. The maximum Gasteiger partial charge on any atom is 0.309 e. The fraction of sp³-hybridized carbons (Fsp3) is 0.682. The van der Waals surface area contributed by atoms with E-state index in [2.05, 4.69) is 4.90 Å². The van der Waals surface area contributed by atoms with Gasteiger partial charge in [-0.1, -0.05) is 25.0 Å². The highest BCUT2D eigenvalue weighted by Crippen LogP contribution is 2.44. The van der Waals surface area contributed by atoms with Crippen molar-refractivity contribution in [1.29, 1.82) is 0 Å². The Labute approximate surface area is 162 Å². The highest BCUT2D eigenvalue weighted by atomic mass is 16.5. The molecule has 2 aliphatic rings. The molecule has 1 N–H and O–H groups in total. The van der Waals surface area contributed by atoms with Crippen molar-refractivity contribution in [3.8, 4) is 5.75 Å². The molecule has 0 radical (unpaired) electrons. The van der Waals surface area contributed by atoms with Gasteiger partial charge in [0.05, 0.1) is 18.6 Å². The van der Waals surface area contributed by atoms with Gasteiger partial charge in [-0.15, -0.1) is 0 Å². The lowest BCUT2D eigenvalue weighted by Gasteiger charge is -2.44.